The van der Waals surface area contributed by atoms with Gasteiger partial charge in [-0.05, 0) is 31.9 Å². The summed E-state index contributed by atoms with van der Waals surface area (Å²) in [4.78, 5) is 0. The van der Waals surface area contributed by atoms with Gasteiger partial charge in [0.15, 0.2) is 0 Å². The van der Waals surface area contributed by atoms with Crippen LogP contribution in [0.1, 0.15) is 25.5 Å². The molecule has 0 aromatic heterocycles. The molecule has 0 aliphatic heterocycles. The van der Waals surface area contributed by atoms with Crippen molar-refractivity contribution in [3.63, 3.8) is 0 Å². The molecule has 0 heterocycles. The van der Waals surface area contributed by atoms with Crippen LogP contribution in [0.25, 0.3) is 0 Å². The summed E-state index contributed by atoms with van der Waals surface area (Å²) < 4.78 is 10.5. The van der Waals surface area contributed by atoms with E-state index in [2.05, 4.69) is 11.8 Å². The summed E-state index contributed by atoms with van der Waals surface area (Å²) in [6, 6.07) is 5.00. The molecule has 5 heteroatoms. The van der Waals surface area contributed by atoms with Crippen molar-refractivity contribution < 1.29 is 14.6 Å². The minimum absolute atomic E-state index is 0.374. The third-order valence-electron chi connectivity index (χ3n) is 2.25. The summed E-state index contributed by atoms with van der Waals surface area (Å²) in [7, 11) is 0. The lowest BCUT2D eigenvalue weighted by Crippen LogP contribution is -2.15. The molecule has 1 N–H and O–H groups in total. The first-order valence-corrected chi connectivity index (χ1v) is 6.72. The first-order chi connectivity index (χ1) is 9.10. The van der Waals surface area contributed by atoms with E-state index in [1.54, 1.807) is 18.2 Å². The molecule has 0 amide bonds. The zero-order valence-electron chi connectivity index (χ0n) is 10.8. The van der Waals surface area contributed by atoms with Crippen molar-refractivity contribution in [1.82, 2.24) is 0 Å². The minimum atomic E-state index is -1.08. The lowest BCUT2D eigenvalue weighted by atomic mass is 10.1. The van der Waals surface area contributed by atoms with Gasteiger partial charge in [0, 0.05) is 28.8 Å². The van der Waals surface area contributed by atoms with Gasteiger partial charge < -0.3 is 14.6 Å². The largest absolute Gasteiger partial charge is 0.376 e. The number of aliphatic hydroxyl groups is 1. The third kappa shape index (κ3) is 5.02. The average molecular weight is 303 g/mol. The number of halogens is 2. The van der Waals surface area contributed by atoms with Crippen LogP contribution in [0.4, 0.5) is 0 Å². The molecule has 1 unspecified atom stereocenters. The fraction of sp³-hybridized carbons (Fsp3) is 0.429. The van der Waals surface area contributed by atoms with Crippen LogP contribution in [0, 0.1) is 11.8 Å². The summed E-state index contributed by atoms with van der Waals surface area (Å²) >= 11 is 12.0. The van der Waals surface area contributed by atoms with Gasteiger partial charge in [0.25, 0.3) is 0 Å². The van der Waals surface area contributed by atoms with E-state index in [-0.39, 0.29) is 0 Å². The smallest absolute Gasteiger partial charge is 0.222 e. The Balaban J connectivity index is 2.86. The molecule has 0 aliphatic rings. The standard InChI is InChI=1S/C14H16Cl2O3/c1-3-18-13(19-4-2)9-8-12(17)14-10(15)6-5-7-11(14)16/h5-7,12-13,17H,3-4H2,1-2H3. The summed E-state index contributed by atoms with van der Waals surface area (Å²) in [6.07, 6.45) is -1.74. The average Bonchev–Trinajstić information content (AvgIpc) is 2.36. The molecule has 0 bridgehead atoms. The first kappa shape index (κ1) is 16.3. The van der Waals surface area contributed by atoms with Crippen LogP contribution in [0.3, 0.4) is 0 Å². The Morgan fingerprint density at radius 1 is 1.11 bits per heavy atom. The van der Waals surface area contributed by atoms with Crippen molar-refractivity contribution in [2.75, 3.05) is 13.2 Å². The maximum atomic E-state index is 10.0. The highest BCUT2D eigenvalue weighted by atomic mass is 35.5. The lowest BCUT2D eigenvalue weighted by molar-refractivity contribution is -0.0971. The van der Waals surface area contributed by atoms with E-state index in [0.717, 1.165) is 0 Å². The van der Waals surface area contributed by atoms with Crippen LogP contribution in [-0.4, -0.2) is 24.6 Å². The van der Waals surface area contributed by atoms with Crippen LogP contribution < -0.4 is 0 Å². The zero-order valence-corrected chi connectivity index (χ0v) is 12.3. The summed E-state index contributed by atoms with van der Waals surface area (Å²) in [5, 5.41) is 10.8. The van der Waals surface area contributed by atoms with Crippen LogP contribution in [-0.2, 0) is 9.47 Å². The van der Waals surface area contributed by atoms with E-state index in [9.17, 15) is 5.11 Å². The zero-order chi connectivity index (χ0) is 14.3. The highest BCUT2D eigenvalue weighted by Crippen LogP contribution is 2.29. The number of benzene rings is 1. The van der Waals surface area contributed by atoms with E-state index < -0.39 is 12.4 Å². The second kappa shape index (κ2) is 8.42. The maximum Gasteiger partial charge on any atom is 0.222 e. The molecule has 0 radical (unpaired) electrons. The molecule has 0 saturated heterocycles. The van der Waals surface area contributed by atoms with Crippen molar-refractivity contribution in [2.24, 2.45) is 0 Å². The van der Waals surface area contributed by atoms with Crippen LogP contribution in [0.15, 0.2) is 18.2 Å². The maximum absolute atomic E-state index is 10.0. The molecular weight excluding hydrogens is 287 g/mol. The van der Waals surface area contributed by atoms with Gasteiger partial charge in [-0.3, -0.25) is 0 Å². The minimum Gasteiger partial charge on any atom is -0.376 e. The van der Waals surface area contributed by atoms with E-state index in [1.807, 2.05) is 13.8 Å². The quantitative estimate of drug-likeness (QED) is 0.669. The molecule has 0 aliphatic carbocycles. The molecule has 0 fully saturated rings. The monoisotopic (exact) mass is 302 g/mol. The second-order valence-electron chi connectivity index (χ2n) is 3.57. The Bertz CT molecular complexity index is 439. The van der Waals surface area contributed by atoms with Gasteiger partial charge in [-0.2, -0.15) is 0 Å². The fourth-order valence-electron chi connectivity index (χ4n) is 1.43. The topological polar surface area (TPSA) is 38.7 Å². The van der Waals surface area contributed by atoms with E-state index in [1.165, 1.54) is 0 Å². The predicted octanol–water partition coefficient (Wildman–Crippen LogP) is 3.43. The second-order valence-corrected chi connectivity index (χ2v) is 4.38. The molecule has 0 saturated carbocycles. The number of hydrogen-bond donors (Lipinski definition) is 1. The summed E-state index contributed by atoms with van der Waals surface area (Å²) in [6.45, 7) is 4.63. The van der Waals surface area contributed by atoms with Crippen LogP contribution in [0.2, 0.25) is 10.0 Å². The van der Waals surface area contributed by atoms with Crippen molar-refractivity contribution in [2.45, 2.75) is 26.2 Å². The van der Waals surface area contributed by atoms with Gasteiger partial charge in [-0.1, -0.05) is 35.2 Å². The van der Waals surface area contributed by atoms with Gasteiger partial charge in [-0.25, -0.2) is 0 Å². The highest BCUT2D eigenvalue weighted by molar-refractivity contribution is 6.36. The number of aliphatic hydroxyl groups excluding tert-OH is 1. The molecular formula is C14H16Cl2O3. The first-order valence-electron chi connectivity index (χ1n) is 5.96. The van der Waals surface area contributed by atoms with E-state index >= 15 is 0 Å². The van der Waals surface area contributed by atoms with Gasteiger partial charge in [0.2, 0.25) is 6.29 Å². The van der Waals surface area contributed by atoms with E-state index in [0.29, 0.717) is 28.8 Å². The molecule has 0 spiro atoms. The normalized spacial score (nSPS) is 12.1. The van der Waals surface area contributed by atoms with Crippen molar-refractivity contribution in [1.29, 1.82) is 0 Å². The predicted molar refractivity (Wildman–Crippen MR) is 76.2 cm³/mol. The molecule has 104 valence electrons. The molecule has 19 heavy (non-hydrogen) atoms. The van der Waals surface area contributed by atoms with Gasteiger partial charge in [0.05, 0.1) is 0 Å². The number of hydrogen-bond acceptors (Lipinski definition) is 3. The Morgan fingerprint density at radius 2 is 1.63 bits per heavy atom. The lowest BCUT2D eigenvalue weighted by Gasteiger charge is -2.11. The molecule has 1 aromatic rings. The van der Waals surface area contributed by atoms with Crippen molar-refractivity contribution in [3.05, 3.63) is 33.8 Å². The Hall–Kier alpha value is -0.760. The van der Waals surface area contributed by atoms with E-state index in [4.69, 9.17) is 32.7 Å². The molecule has 3 nitrogen and oxygen atoms in total. The van der Waals surface area contributed by atoms with Crippen molar-refractivity contribution in [3.8, 4) is 11.8 Å². The number of rotatable bonds is 5. The van der Waals surface area contributed by atoms with Gasteiger partial charge in [-0.15, -0.1) is 0 Å². The SMILES string of the molecule is CCOC(C#CC(O)c1c(Cl)cccc1Cl)OCC. The fourth-order valence-corrected chi connectivity index (χ4v) is 2.03. The summed E-state index contributed by atoms with van der Waals surface area (Å²) in [5.41, 5.74) is 0.394. The summed E-state index contributed by atoms with van der Waals surface area (Å²) in [5.74, 6) is 5.35. The highest BCUT2D eigenvalue weighted by Gasteiger charge is 2.13. The number of ether oxygens (including phenoxy) is 2. The van der Waals surface area contributed by atoms with Gasteiger partial charge >= 0.3 is 0 Å². The van der Waals surface area contributed by atoms with Gasteiger partial charge in [0.1, 0.15) is 6.10 Å². The third-order valence-corrected chi connectivity index (χ3v) is 2.91. The van der Waals surface area contributed by atoms with Crippen LogP contribution >= 0.6 is 23.2 Å². The van der Waals surface area contributed by atoms with Crippen LogP contribution in [0.5, 0.6) is 0 Å². The van der Waals surface area contributed by atoms with Crippen molar-refractivity contribution >= 4 is 23.2 Å². The molecule has 1 aromatic carbocycles. The Kier molecular flexibility index (Phi) is 7.22. The Labute approximate surface area is 123 Å². The molecule has 1 atom stereocenters. The Morgan fingerprint density at radius 3 is 2.11 bits per heavy atom. The molecule has 1 rings (SSSR count).